The highest BCUT2D eigenvalue weighted by Gasteiger charge is 2.18. The van der Waals surface area contributed by atoms with Crippen LogP contribution in [-0.4, -0.2) is 5.11 Å². The second kappa shape index (κ2) is 5.05. The van der Waals surface area contributed by atoms with Crippen molar-refractivity contribution in [2.24, 2.45) is 0 Å². The third-order valence-corrected chi connectivity index (χ3v) is 2.95. The third kappa shape index (κ3) is 2.79. The highest BCUT2D eigenvalue weighted by atomic mass is 19.1. The highest BCUT2D eigenvalue weighted by Crippen LogP contribution is 2.27. The Morgan fingerprint density at radius 3 is 2.21 bits per heavy atom. The molecule has 0 aliphatic carbocycles. The van der Waals surface area contributed by atoms with Crippen molar-refractivity contribution in [3.05, 3.63) is 70.0 Å². The summed E-state index contributed by atoms with van der Waals surface area (Å²) in [5, 5.41) is 10.1. The van der Waals surface area contributed by atoms with Crippen molar-refractivity contribution in [3.8, 4) is 0 Å². The van der Waals surface area contributed by atoms with E-state index in [2.05, 4.69) is 0 Å². The van der Waals surface area contributed by atoms with Crippen molar-refractivity contribution < 1.29 is 18.3 Å². The number of hydrogen-bond donors (Lipinski definition) is 1. The van der Waals surface area contributed by atoms with Crippen LogP contribution >= 0.6 is 0 Å². The summed E-state index contributed by atoms with van der Waals surface area (Å²) < 4.78 is 40.1. The van der Waals surface area contributed by atoms with Crippen LogP contribution < -0.4 is 0 Å². The number of halogens is 3. The molecule has 4 heteroatoms. The Morgan fingerprint density at radius 1 is 0.895 bits per heavy atom. The third-order valence-electron chi connectivity index (χ3n) is 2.95. The molecule has 0 saturated heterocycles. The maximum atomic E-state index is 13.7. The first-order valence-corrected chi connectivity index (χ1v) is 5.79. The van der Waals surface area contributed by atoms with Crippen molar-refractivity contribution >= 4 is 0 Å². The molecule has 0 heterocycles. The normalized spacial score (nSPS) is 12.5. The summed E-state index contributed by atoms with van der Waals surface area (Å²) >= 11 is 0. The van der Waals surface area contributed by atoms with E-state index in [1.165, 1.54) is 19.1 Å². The number of hydrogen-bond acceptors (Lipinski definition) is 1. The van der Waals surface area contributed by atoms with Gasteiger partial charge < -0.3 is 5.11 Å². The molecule has 1 atom stereocenters. The smallest absolute Gasteiger partial charge is 0.132 e. The maximum absolute atomic E-state index is 13.7. The molecule has 19 heavy (non-hydrogen) atoms. The molecule has 1 N–H and O–H groups in total. The monoisotopic (exact) mass is 266 g/mol. The molecule has 0 fully saturated rings. The van der Waals surface area contributed by atoms with Crippen molar-refractivity contribution in [2.45, 2.75) is 20.0 Å². The number of rotatable bonds is 2. The van der Waals surface area contributed by atoms with Crippen LogP contribution in [0.2, 0.25) is 0 Å². The molecule has 0 saturated carbocycles. The van der Waals surface area contributed by atoms with E-state index in [1.54, 1.807) is 13.0 Å². The van der Waals surface area contributed by atoms with Crippen LogP contribution in [0, 0.1) is 31.3 Å². The molecular weight excluding hydrogens is 253 g/mol. The Kier molecular flexibility index (Phi) is 3.62. The molecule has 2 rings (SSSR count). The second-order valence-electron chi connectivity index (χ2n) is 4.59. The van der Waals surface area contributed by atoms with E-state index in [0.29, 0.717) is 5.56 Å². The zero-order valence-electron chi connectivity index (χ0n) is 10.5. The van der Waals surface area contributed by atoms with E-state index < -0.39 is 23.6 Å². The molecule has 2 aromatic carbocycles. The molecule has 0 radical (unpaired) electrons. The minimum atomic E-state index is -1.33. The zero-order chi connectivity index (χ0) is 14.2. The number of benzene rings is 2. The quantitative estimate of drug-likeness (QED) is 0.876. The van der Waals surface area contributed by atoms with Crippen LogP contribution in [0.25, 0.3) is 0 Å². The SMILES string of the molecule is Cc1cc(F)cc(C(O)c2cc(C)c(F)cc2F)c1. The Labute approximate surface area is 109 Å². The lowest BCUT2D eigenvalue weighted by Gasteiger charge is -2.14. The second-order valence-corrected chi connectivity index (χ2v) is 4.59. The van der Waals surface area contributed by atoms with Crippen LogP contribution in [-0.2, 0) is 0 Å². The highest BCUT2D eigenvalue weighted by molar-refractivity contribution is 5.35. The Hall–Kier alpha value is -1.81. The predicted molar refractivity (Wildman–Crippen MR) is 66.3 cm³/mol. The fourth-order valence-electron chi connectivity index (χ4n) is 1.99. The van der Waals surface area contributed by atoms with E-state index in [-0.39, 0.29) is 16.7 Å². The Balaban J connectivity index is 2.49. The zero-order valence-corrected chi connectivity index (χ0v) is 10.5. The van der Waals surface area contributed by atoms with Gasteiger partial charge in [0, 0.05) is 11.6 Å². The van der Waals surface area contributed by atoms with Crippen molar-refractivity contribution in [3.63, 3.8) is 0 Å². The first kappa shape index (κ1) is 13.6. The summed E-state index contributed by atoms with van der Waals surface area (Å²) in [7, 11) is 0. The Bertz CT molecular complexity index is 603. The van der Waals surface area contributed by atoms with Crippen LogP contribution in [0.3, 0.4) is 0 Å². The number of aliphatic hydroxyl groups is 1. The lowest BCUT2D eigenvalue weighted by molar-refractivity contribution is 0.214. The first-order chi connectivity index (χ1) is 8.88. The molecule has 0 spiro atoms. The molecule has 0 aliphatic rings. The summed E-state index contributed by atoms with van der Waals surface area (Å²) in [5.74, 6) is -2.03. The minimum absolute atomic E-state index is 0.0658. The molecule has 1 unspecified atom stereocenters. The fraction of sp³-hybridized carbons (Fsp3) is 0.200. The minimum Gasteiger partial charge on any atom is -0.384 e. The number of aryl methyl sites for hydroxylation is 2. The topological polar surface area (TPSA) is 20.2 Å². The summed E-state index contributed by atoms with van der Waals surface area (Å²) in [4.78, 5) is 0. The first-order valence-electron chi connectivity index (χ1n) is 5.79. The summed E-state index contributed by atoms with van der Waals surface area (Å²) in [6, 6.07) is 5.96. The molecule has 0 aliphatic heterocycles. The van der Waals surface area contributed by atoms with Gasteiger partial charge in [-0.1, -0.05) is 6.07 Å². The van der Waals surface area contributed by atoms with E-state index in [9.17, 15) is 18.3 Å². The lowest BCUT2D eigenvalue weighted by atomic mass is 9.98. The molecule has 0 bridgehead atoms. The van der Waals surface area contributed by atoms with Gasteiger partial charge in [-0.05, 0) is 48.7 Å². The summed E-state index contributed by atoms with van der Waals surface area (Å²) in [6.45, 7) is 3.15. The average molecular weight is 266 g/mol. The van der Waals surface area contributed by atoms with Crippen LogP contribution in [0.15, 0.2) is 30.3 Å². The van der Waals surface area contributed by atoms with Gasteiger partial charge in [-0.15, -0.1) is 0 Å². The summed E-state index contributed by atoms with van der Waals surface area (Å²) in [6.07, 6.45) is -1.33. The van der Waals surface area contributed by atoms with E-state index in [4.69, 9.17) is 0 Å². The molecule has 100 valence electrons. The van der Waals surface area contributed by atoms with E-state index in [1.807, 2.05) is 0 Å². The molecular formula is C15H13F3O. The molecule has 0 amide bonds. The van der Waals surface area contributed by atoms with Crippen LogP contribution in [0.4, 0.5) is 13.2 Å². The number of aliphatic hydroxyl groups excluding tert-OH is 1. The van der Waals surface area contributed by atoms with Gasteiger partial charge in [-0.2, -0.15) is 0 Å². The Morgan fingerprint density at radius 2 is 1.58 bits per heavy atom. The van der Waals surface area contributed by atoms with Crippen molar-refractivity contribution in [2.75, 3.05) is 0 Å². The van der Waals surface area contributed by atoms with Gasteiger partial charge in [0.1, 0.15) is 23.6 Å². The summed E-state index contributed by atoms with van der Waals surface area (Å²) in [5.41, 5.74) is 1.02. The van der Waals surface area contributed by atoms with Crippen molar-refractivity contribution in [1.29, 1.82) is 0 Å². The van der Waals surface area contributed by atoms with E-state index >= 15 is 0 Å². The molecule has 1 nitrogen and oxygen atoms in total. The van der Waals surface area contributed by atoms with Gasteiger partial charge >= 0.3 is 0 Å². The van der Waals surface area contributed by atoms with Crippen LogP contribution in [0.5, 0.6) is 0 Å². The van der Waals surface area contributed by atoms with Crippen LogP contribution in [0.1, 0.15) is 28.4 Å². The fourth-order valence-corrected chi connectivity index (χ4v) is 1.99. The molecule has 0 aromatic heterocycles. The lowest BCUT2D eigenvalue weighted by Crippen LogP contribution is -2.05. The van der Waals surface area contributed by atoms with Gasteiger partial charge in [0.05, 0.1) is 0 Å². The van der Waals surface area contributed by atoms with E-state index in [0.717, 1.165) is 12.1 Å². The average Bonchev–Trinajstić information content (AvgIpc) is 2.31. The van der Waals surface area contributed by atoms with Crippen molar-refractivity contribution in [1.82, 2.24) is 0 Å². The largest absolute Gasteiger partial charge is 0.384 e. The van der Waals surface area contributed by atoms with Gasteiger partial charge in [0.15, 0.2) is 0 Å². The standard InChI is InChI=1S/C15H13F3O/c1-8-3-10(6-11(16)4-8)15(19)12-5-9(2)13(17)7-14(12)18/h3-7,15,19H,1-2H3. The van der Waals surface area contributed by atoms with Gasteiger partial charge in [-0.3, -0.25) is 0 Å². The van der Waals surface area contributed by atoms with Gasteiger partial charge in [0.2, 0.25) is 0 Å². The predicted octanol–water partition coefficient (Wildman–Crippen LogP) is 3.80. The maximum Gasteiger partial charge on any atom is 0.132 e. The van der Waals surface area contributed by atoms with Gasteiger partial charge in [-0.25, -0.2) is 13.2 Å². The molecule has 2 aromatic rings. The van der Waals surface area contributed by atoms with Gasteiger partial charge in [0.25, 0.3) is 0 Å².